The predicted octanol–water partition coefficient (Wildman–Crippen LogP) is 1.15. The van der Waals surface area contributed by atoms with Crippen molar-refractivity contribution in [2.24, 2.45) is 5.73 Å². The van der Waals surface area contributed by atoms with E-state index in [4.69, 9.17) is 10.2 Å². The quantitative estimate of drug-likeness (QED) is 0.692. The van der Waals surface area contributed by atoms with Crippen LogP contribution in [-0.4, -0.2) is 17.5 Å². The van der Waals surface area contributed by atoms with E-state index in [1.54, 1.807) is 18.2 Å². The molecule has 0 saturated carbocycles. The standard InChI is InChI=1S/C13H7NO4/c14-13(17)8-5-18-12-9(8)10(15)6-3-1-2-4-7(6)11(12)16/h1-5H,(H2,14,17). The zero-order valence-corrected chi connectivity index (χ0v) is 9.10. The third-order valence-electron chi connectivity index (χ3n) is 2.91. The van der Waals surface area contributed by atoms with Crippen molar-refractivity contribution < 1.29 is 18.8 Å². The molecular formula is C13H7NO4. The Bertz CT molecular complexity index is 712. The van der Waals surface area contributed by atoms with Gasteiger partial charge in [0.25, 0.3) is 5.91 Å². The Kier molecular flexibility index (Phi) is 1.98. The highest BCUT2D eigenvalue weighted by molar-refractivity contribution is 6.29. The van der Waals surface area contributed by atoms with Gasteiger partial charge in [-0.2, -0.15) is 0 Å². The fraction of sp³-hybridized carbons (Fsp3) is 0. The molecule has 1 aliphatic rings. The second-order valence-electron chi connectivity index (χ2n) is 3.92. The first-order valence-electron chi connectivity index (χ1n) is 5.21. The van der Waals surface area contributed by atoms with Crippen LogP contribution in [0.5, 0.6) is 0 Å². The maximum absolute atomic E-state index is 12.2. The number of benzene rings is 1. The van der Waals surface area contributed by atoms with E-state index < -0.39 is 17.5 Å². The summed E-state index contributed by atoms with van der Waals surface area (Å²) in [5, 5.41) is 0. The molecular weight excluding hydrogens is 234 g/mol. The molecule has 1 heterocycles. The molecule has 3 rings (SSSR count). The van der Waals surface area contributed by atoms with Crippen molar-refractivity contribution in [1.82, 2.24) is 0 Å². The summed E-state index contributed by atoms with van der Waals surface area (Å²) in [6.07, 6.45) is 1.05. The van der Waals surface area contributed by atoms with Gasteiger partial charge in [-0.3, -0.25) is 14.4 Å². The molecule has 18 heavy (non-hydrogen) atoms. The lowest BCUT2D eigenvalue weighted by atomic mass is 9.87. The molecule has 0 saturated heterocycles. The van der Waals surface area contributed by atoms with Gasteiger partial charge < -0.3 is 10.2 Å². The van der Waals surface area contributed by atoms with Crippen molar-refractivity contribution in [1.29, 1.82) is 0 Å². The van der Waals surface area contributed by atoms with Crippen LogP contribution < -0.4 is 5.73 Å². The monoisotopic (exact) mass is 241 g/mol. The lowest BCUT2D eigenvalue weighted by molar-refractivity contribution is 0.0955. The fourth-order valence-corrected chi connectivity index (χ4v) is 2.07. The molecule has 88 valence electrons. The number of hydrogen-bond donors (Lipinski definition) is 1. The first kappa shape index (κ1) is 10.5. The predicted molar refractivity (Wildman–Crippen MR) is 60.5 cm³/mol. The molecule has 2 aromatic rings. The Balaban J connectivity index is 2.33. The van der Waals surface area contributed by atoms with Crippen molar-refractivity contribution in [3.8, 4) is 0 Å². The summed E-state index contributed by atoms with van der Waals surface area (Å²) in [5.41, 5.74) is 5.59. The number of nitrogens with two attached hydrogens (primary N) is 1. The molecule has 0 radical (unpaired) electrons. The first-order chi connectivity index (χ1) is 8.61. The summed E-state index contributed by atoms with van der Waals surface area (Å²) in [6, 6.07) is 6.40. The van der Waals surface area contributed by atoms with E-state index in [0.29, 0.717) is 0 Å². The van der Waals surface area contributed by atoms with E-state index >= 15 is 0 Å². The minimum absolute atomic E-state index is 0.0359. The average molecular weight is 241 g/mol. The Morgan fingerprint density at radius 1 is 1.06 bits per heavy atom. The van der Waals surface area contributed by atoms with Crippen LogP contribution in [0.2, 0.25) is 0 Å². The number of hydrogen-bond acceptors (Lipinski definition) is 4. The van der Waals surface area contributed by atoms with Gasteiger partial charge in [0.05, 0.1) is 11.1 Å². The highest BCUT2D eigenvalue weighted by Gasteiger charge is 2.35. The number of primary amides is 1. The molecule has 1 aromatic carbocycles. The molecule has 0 aliphatic heterocycles. The van der Waals surface area contributed by atoms with E-state index in [1.165, 1.54) is 6.07 Å². The van der Waals surface area contributed by atoms with E-state index in [9.17, 15) is 14.4 Å². The van der Waals surface area contributed by atoms with Gasteiger partial charge in [0, 0.05) is 11.1 Å². The van der Waals surface area contributed by atoms with Crippen LogP contribution in [0.25, 0.3) is 0 Å². The molecule has 0 unspecified atom stereocenters. The fourth-order valence-electron chi connectivity index (χ4n) is 2.07. The van der Waals surface area contributed by atoms with Gasteiger partial charge in [0.2, 0.25) is 5.78 Å². The normalized spacial score (nSPS) is 13.1. The number of furan rings is 1. The number of carbonyl (C=O) groups is 3. The third-order valence-corrected chi connectivity index (χ3v) is 2.91. The molecule has 5 heteroatoms. The Hall–Kier alpha value is -2.69. The summed E-state index contributed by atoms with van der Waals surface area (Å²) >= 11 is 0. The summed E-state index contributed by atoms with van der Waals surface area (Å²) in [6.45, 7) is 0. The molecule has 0 spiro atoms. The number of rotatable bonds is 1. The zero-order valence-electron chi connectivity index (χ0n) is 9.10. The third kappa shape index (κ3) is 1.18. The van der Waals surface area contributed by atoms with Crippen LogP contribution in [0.3, 0.4) is 0 Å². The van der Waals surface area contributed by atoms with Crippen LogP contribution in [0.1, 0.15) is 42.4 Å². The molecule has 0 bridgehead atoms. The average Bonchev–Trinajstić information content (AvgIpc) is 2.81. The first-order valence-corrected chi connectivity index (χ1v) is 5.21. The highest BCUT2D eigenvalue weighted by atomic mass is 16.3. The number of fused-ring (bicyclic) bond motifs is 2. The summed E-state index contributed by atoms with van der Waals surface area (Å²) < 4.78 is 5.02. The van der Waals surface area contributed by atoms with Gasteiger partial charge in [-0.05, 0) is 0 Å². The van der Waals surface area contributed by atoms with Crippen LogP contribution in [0.15, 0.2) is 34.9 Å². The van der Waals surface area contributed by atoms with Crippen molar-refractivity contribution >= 4 is 17.5 Å². The van der Waals surface area contributed by atoms with Crippen LogP contribution in [0.4, 0.5) is 0 Å². The van der Waals surface area contributed by atoms with Gasteiger partial charge in [0.15, 0.2) is 11.5 Å². The molecule has 0 atom stereocenters. The van der Waals surface area contributed by atoms with Crippen LogP contribution >= 0.6 is 0 Å². The summed E-state index contributed by atoms with van der Waals surface area (Å²) in [4.78, 5) is 35.5. The van der Waals surface area contributed by atoms with E-state index in [0.717, 1.165) is 6.26 Å². The van der Waals surface area contributed by atoms with Gasteiger partial charge in [-0.15, -0.1) is 0 Å². The molecule has 1 aliphatic carbocycles. The second-order valence-corrected chi connectivity index (χ2v) is 3.92. The number of ketones is 2. The van der Waals surface area contributed by atoms with Crippen molar-refractivity contribution in [3.63, 3.8) is 0 Å². The molecule has 2 N–H and O–H groups in total. The lowest BCUT2D eigenvalue weighted by Crippen LogP contribution is -2.23. The zero-order chi connectivity index (χ0) is 12.9. The highest BCUT2D eigenvalue weighted by Crippen LogP contribution is 2.30. The van der Waals surface area contributed by atoms with E-state index in [1.807, 2.05) is 0 Å². The second kappa shape index (κ2) is 3.40. The molecule has 1 aromatic heterocycles. The number of carbonyl (C=O) groups excluding carboxylic acids is 3. The smallest absolute Gasteiger partial charge is 0.252 e. The molecule has 5 nitrogen and oxygen atoms in total. The maximum Gasteiger partial charge on any atom is 0.252 e. The van der Waals surface area contributed by atoms with Crippen LogP contribution in [0, 0.1) is 0 Å². The Morgan fingerprint density at radius 3 is 2.28 bits per heavy atom. The van der Waals surface area contributed by atoms with Gasteiger partial charge >= 0.3 is 0 Å². The van der Waals surface area contributed by atoms with Crippen molar-refractivity contribution in [3.05, 3.63) is 58.5 Å². The van der Waals surface area contributed by atoms with Gasteiger partial charge in [-0.25, -0.2) is 0 Å². The number of amides is 1. The minimum atomic E-state index is -0.791. The van der Waals surface area contributed by atoms with Gasteiger partial charge in [0.1, 0.15) is 6.26 Å². The molecule has 0 fully saturated rings. The van der Waals surface area contributed by atoms with Crippen molar-refractivity contribution in [2.45, 2.75) is 0 Å². The maximum atomic E-state index is 12.2. The molecule has 1 amide bonds. The minimum Gasteiger partial charge on any atom is -0.459 e. The summed E-state index contributed by atoms with van der Waals surface area (Å²) in [5.74, 6) is -1.73. The van der Waals surface area contributed by atoms with E-state index in [-0.39, 0.29) is 28.0 Å². The Morgan fingerprint density at radius 2 is 1.67 bits per heavy atom. The Labute approximate surface area is 101 Å². The lowest BCUT2D eigenvalue weighted by Gasteiger charge is -2.12. The van der Waals surface area contributed by atoms with E-state index in [2.05, 4.69) is 0 Å². The SMILES string of the molecule is NC(=O)c1coc2c1C(=O)c1ccccc1C2=O. The topological polar surface area (TPSA) is 90.4 Å². The summed E-state index contributed by atoms with van der Waals surface area (Å²) in [7, 11) is 0. The van der Waals surface area contributed by atoms with Crippen LogP contribution in [-0.2, 0) is 0 Å². The van der Waals surface area contributed by atoms with Gasteiger partial charge in [-0.1, -0.05) is 24.3 Å². The largest absolute Gasteiger partial charge is 0.459 e. The van der Waals surface area contributed by atoms with Crippen molar-refractivity contribution in [2.75, 3.05) is 0 Å².